The number of hydrogen-bond acceptors (Lipinski definition) is 1. The van der Waals surface area contributed by atoms with Crippen molar-refractivity contribution in [1.82, 2.24) is 0 Å². The summed E-state index contributed by atoms with van der Waals surface area (Å²) in [5.41, 5.74) is 4.00. The summed E-state index contributed by atoms with van der Waals surface area (Å²) in [4.78, 5) is 0. The summed E-state index contributed by atoms with van der Waals surface area (Å²) in [5, 5.41) is 5.21. The van der Waals surface area contributed by atoms with Gasteiger partial charge >= 0.3 is 0 Å². The van der Waals surface area contributed by atoms with E-state index in [0.29, 0.717) is 0 Å². The topological polar surface area (TPSA) is 0 Å². The van der Waals surface area contributed by atoms with Gasteiger partial charge in [0.25, 0.3) is 0 Å². The molecule has 0 aliphatic carbocycles. The second-order valence-electron chi connectivity index (χ2n) is 2.80. The number of thiophene rings is 1. The highest BCUT2D eigenvalue weighted by Gasteiger charge is 2.02. The van der Waals surface area contributed by atoms with Gasteiger partial charge in [-0.05, 0) is 33.5 Å². The first kappa shape index (κ1) is 8.97. The minimum absolute atomic E-state index is 0.916. The highest BCUT2D eigenvalue weighted by atomic mass is 79.9. The SMILES string of the molecule is BrCc1ccccc1-c1ccsc1. The van der Waals surface area contributed by atoms with Crippen molar-refractivity contribution in [2.75, 3.05) is 0 Å². The van der Waals surface area contributed by atoms with E-state index in [1.165, 1.54) is 16.7 Å². The van der Waals surface area contributed by atoms with Crippen LogP contribution in [0.1, 0.15) is 5.56 Å². The molecule has 1 aromatic heterocycles. The molecule has 2 rings (SSSR count). The first-order chi connectivity index (χ1) is 6.42. The third-order valence-corrected chi connectivity index (χ3v) is 3.28. The summed E-state index contributed by atoms with van der Waals surface area (Å²) in [7, 11) is 0. The molecule has 66 valence electrons. The molecule has 2 heteroatoms. The zero-order valence-corrected chi connectivity index (χ0v) is 9.44. The van der Waals surface area contributed by atoms with Crippen LogP contribution in [0.3, 0.4) is 0 Å². The van der Waals surface area contributed by atoms with E-state index in [9.17, 15) is 0 Å². The number of hydrogen-bond donors (Lipinski definition) is 0. The molecule has 0 unspecified atom stereocenters. The van der Waals surface area contributed by atoms with E-state index < -0.39 is 0 Å². The van der Waals surface area contributed by atoms with Gasteiger partial charge in [-0.3, -0.25) is 0 Å². The van der Waals surface area contributed by atoms with E-state index in [2.05, 4.69) is 57.0 Å². The van der Waals surface area contributed by atoms with E-state index in [1.54, 1.807) is 11.3 Å². The molecule has 0 aliphatic heterocycles. The lowest BCUT2D eigenvalue weighted by Gasteiger charge is -2.03. The van der Waals surface area contributed by atoms with Crippen LogP contribution in [0.15, 0.2) is 41.1 Å². The van der Waals surface area contributed by atoms with Gasteiger partial charge in [0.2, 0.25) is 0 Å². The largest absolute Gasteiger partial charge is 0.152 e. The van der Waals surface area contributed by atoms with Gasteiger partial charge in [-0.2, -0.15) is 11.3 Å². The first-order valence-corrected chi connectivity index (χ1v) is 6.14. The van der Waals surface area contributed by atoms with E-state index in [1.807, 2.05) is 0 Å². The van der Waals surface area contributed by atoms with E-state index in [-0.39, 0.29) is 0 Å². The molecule has 0 saturated carbocycles. The summed E-state index contributed by atoms with van der Waals surface area (Å²) >= 11 is 5.24. The number of benzene rings is 1. The molecular formula is C11H9BrS. The van der Waals surface area contributed by atoms with Crippen LogP contribution in [-0.4, -0.2) is 0 Å². The molecule has 1 aromatic carbocycles. The van der Waals surface area contributed by atoms with Crippen LogP contribution in [-0.2, 0) is 5.33 Å². The lowest BCUT2D eigenvalue weighted by Crippen LogP contribution is -1.82. The zero-order chi connectivity index (χ0) is 9.10. The Balaban J connectivity index is 2.51. The standard InChI is InChI=1S/C11H9BrS/c12-7-9-3-1-2-4-11(9)10-5-6-13-8-10/h1-6,8H,7H2. The second-order valence-corrected chi connectivity index (χ2v) is 4.14. The monoisotopic (exact) mass is 252 g/mol. The number of halogens is 1. The van der Waals surface area contributed by atoms with Crippen molar-refractivity contribution < 1.29 is 0 Å². The molecule has 0 nitrogen and oxygen atoms in total. The Morgan fingerprint density at radius 1 is 1.15 bits per heavy atom. The Labute approximate surface area is 90.4 Å². The average Bonchev–Trinajstić information content (AvgIpc) is 2.70. The van der Waals surface area contributed by atoms with Crippen molar-refractivity contribution in [1.29, 1.82) is 0 Å². The molecule has 1 heterocycles. The van der Waals surface area contributed by atoms with Crippen molar-refractivity contribution >= 4 is 27.3 Å². The Bertz CT molecular complexity index is 379. The lowest BCUT2D eigenvalue weighted by molar-refractivity contribution is 1.44. The predicted molar refractivity (Wildman–Crippen MR) is 62.4 cm³/mol. The maximum Gasteiger partial charge on any atom is 0.0289 e. The summed E-state index contributed by atoms with van der Waals surface area (Å²) < 4.78 is 0. The van der Waals surface area contributed by atoms with E-state index >= 15 is 0 Å². The van der Waals surface area contributed by atoms with Crippen molar-refractivity contribution in [3.63, 3.8) is 0 Å². The van der Waals surface area contributed by atoms with Gasteiger partial charge in [0, 0.05) is 5.33 Å². The maximum absolute atomic E-state index is 3.50. The highest BCUT2D eigenvalue weighted by Crippen LogP contribution is 2.26. The normalized spacial score (nSPS) is 10.2. The third-order valence-electron chi connectivity index (χ3n) is 1.99. The van der Waals surface area contributed by atoms with Crippen LogP contribution in [0.5, 0.6) is 0 Å². The Kier molecular flexibility index (Phi) is 2.81. The Morgan fingerprint density at radius 3 is 2.69 bits per heavy atom. The molecule has 0 N–H and O–H groups in total. The van der Waals surface area contributed by atoms with Gasteiger partial charge in [0.1, 0.15) is 0 Å². The minimum atomic E-state index is 0.916. The van der Waals surface area contributed by atoms with Crippen molar-refractivity contribution in [3.8, 4) is 11.1 Å². The molecule has 0 bridgehead atoms. The second kappa shape index (κ2) is 4.07. The third kappa shape index (κ3) is 1.84. The highest BCUT2D eigenvalue weighted by molar-refractivity contribution is 9.08. The maximum atomic E-state index is 3.50. The van der Waals surface area contributed by atoms with Crippen LogP contribution in [0.25, 0.3) is 11.1 Å². The summed E-state index contributed by atoms with van der Waals surface area (Å²) in [6.45, 7) is 0. The lowest BCUT2D eigenvalue weighted by atomic mass is 10.0. The van der Waals surface area contributed by atoms with Crippen LogP contribution in [0.4, 0.5) is 0 Å². The van der Waals surface area contributed by atoms with Gasteiger partial charge in [-0.1, -0.05) is 40.2 Å². The smallest absolute Gasteiger partial charge is 0.0289 e. The fraction of sp³-hybridized carbons (Fsp3) is 0.0909. The fourth-order valence-electron chi connectivity index (χ4n) is 1.34. The molecular weight excluding hydrogens is 244 g/mol. The molecule has 0 saturated heterocycles. The van der Waals surface area contributed by atoms with Crippen LogP contribution >= 0.6 is 27.3 Å². The van der Waals surface area contributed by atoms with Crippen LogP contribution in [0.2, 0.25) is 0 Å². The minimum Gasteiger partial charge on any atom is -0.152 e. The van der Waals surface area contributed by atoms with Crippen molar-refractivity contribution in [3.05, 3.63) is 46.7 Å². The quantitative estimate of drug-likeness (QED) is 0.699. The summed E-state index contributed by atoms with van der Waals surface area (Å²) in [6.07, 6.45) is 0. The number of rotatable bonds is 2. The number of alkyl halides is 1. The average molecular weight is 253 g/mol. The summed E-state index contributed by atoms with van der Waals surface area (Å²) in [6, 6.07) is 10.6. The first-order valence-electron chi connectivity index (χ1n) is 4.08. The molecule has 0 fully saturated rings. The fourth-order valence-corrected chi connectivity index (χ4v) is 2.48. The van der Waals surface area contributed by atoms with Gasteiger partial charge in [-0.25, -0.2) is 0 Å². The predicted octanol–water partition coefficient (Wildman–Crippen LogP) is 4.31. The van der Waals surface area contributed by atoms with E-state index in [0.717, 1.165) is 5.33 Å². The summed E-state index contributed by atoms with van der Waals surface area (Å²) in [5.74, 6) is 0. The van der Waals surface area contributed by atoms with Crippen molar-refractivity contribution in [2.24, 2.45) is 0 Å². The Hall–Kier alpha value is -0.600. The van der Waals surface area contributed by atoms with Gasteiger partial charge in [0.15, 0.2) is 0 Å². The molecule has 2 aromatic rings. The molecule has 0 atom stereocenters. The van der Waals surface area contributed by atoms with Gasteiger partial charge < -0.3 is 0 Å². The molecule has 0 radical (unpaired) electrons. The zero-order valence-electron chi connectivity index (χ0n) is 7.03. The van der Waals surface area contributed by atoms with Crippen LogP contribution in [0, 0.1) is 0 Å². The van der Waals surface area contributed by atoms with Gasteiger partial charge in [0.05, 0.1) is 0 Å². The van der Waals surface area contributed by atoms with Gasteiger partial charge in [-0.15, -0.1) is 0 Å². The molecule has 13 heavy (non-hydrogen) atoms. The van der Waals surface area contributed by atoms with E-state index in [4.69, 9.17) is 0 Å². The Morgan fingerprint density at radius 2 is 2.00 bits per heavy atom. The van der Waals surface area contributed by atoms with Crippen LogP contribution < -0.4 is 0 Å². The van der Waals surface area contributed by atoms with Crippen molar-refractivity contribution in [2.45, 2.75) is 5.33 Å². The molecule has 0 amide bonds. The molecule has 0 spiro atoms. The molecule has 0 aliphatic rings.